The van der Waals surface area contributed by atoms with Gasteiger partial charge in [-0.1, -0.05) is 66.2 Å². The first kappa shape index (κ1) is 25.3. The predicted octanol–water partition coefficient (Wildman–Crippen LogP) is 6.28. The van der Waals surface area contributed by atoms with E-state index in [0.717, 1.165) is 34.6 Å². The van der Waals surface area contributed by atoms with E-state index in [2.05, 4.69) is 88.7 Å². The lowest BCUT2D eigenvalue weighted by Gasteiger charge is -2.18. The fraction of sp³-hybridized carbons (Fsp3) is 0.212. The van der Waals surface area contributed by atoms with Gasteiger partial charge in [-0.05, 0) is 53.9 Å². The minimum Gasteiger partial charge on any atom is -0.497 e. The topological polar surface area (TPSA) is 56.1 Å². The number of rotatable bonds is 10. The summed E-state index contributed by atoms with van der Waals surface area (Å²) in [6.45, 7) is 3.39. The van der Waals surface area contributed by atoms with Crippen molar-refractivity contribution in [2.75, 3.05) is 13.7 Å². The van der Waals surface area contributed by atoms with E-state index in [1.54, 1.807) is 13.3 Å². The Morgan fingerprint density at radius 1 is 0.947 bits per heavy atom. The molecule has 0 bridgehead atoms. The summed E-state index contributed by atoms with van der Waals surface area (Å²) < 4.78 is 7.61. The summed E-state index contributed by atoms with van der Waals surface area (Å²) in [5, 5.41) is 4.29. The molecule has 0 aliphatic heterocycles. The highest BCUT2D eigenvalue weighted by molar-refractivity contribution is 5.86. The van der Waals surface area contributed by atoms with Gasteiger partial charge >= 0.3 is 0 Å². The van der Waals surface area contributed by atoms with Gasteiger partial charge in [0.15, 0.2) is 0 Å². The van der Waals surface area contributed by atoms with Gasteiger partial charge < -0.3 is 14.6 Å². The molecule has 2 heterocycles. The third kappa shape index (κ3) is 5.94. The molecular weight excluding hydrogens is 470 g/mol. The van der Waals surface area contributed by atoms with Crippen LogP contribution >= 0.6 is 0 Å². The summed E-state index contributed by atoms with van der Waals surface area (Å²) in [5.41, 5.74) is 6.84. The molecule has 0 radical (unpaired) electrons. The van der Waals surface area contributed by atoms with Crippen LogP contribution < -0.4 is 10.1 Å². The van der Waals surface area contributed by atoms with E-state index in [9.17, 15) is 4.79 Å². The summed E-state index contributed by atoms with van der Waals surface area (Å²) in [6.07, 6.45) is 5.09. The van der Waals surface area contributed by atoms with Gasteiger partial charge in [-0.15, -0.1) is 0 Å². The van der Waals surface area contributed by atoms with Crippen LogP contribution in [0.5, 0.6) is 5.75 Å². The average molecular weight is 504 g/mol. The standard InChI is InChI=1S/C33H33N3O2/c1-24-10-14-26(15-11-24)30(21-33(37)35-20-18-27-7-5-6-19-34-27)31-23-36(32-9-4-3-8-29(31)32)22-25-12-16-28(38-2)17-13-25/h3-17,19,23,30H,18,20-22H2,1-2H3,(H,35,37)/t30-/m0/s1. The second-order valence-electron chi connectivity index (χ2n) is 9.67. The zero-order valence-electron chi connectivity index (χ0n) is 21.9. The highest BCUT2D eigenvalue weighted by atomic mass is 16.5. The number of methoxy groups -OCH3 is 1. The summed E-state index contributed by atoms with van der Waals surface area (Å²) in [6, 6.07) is 31.0. The van der Waals surface area contributed by atoms with Gasteiger partial charge in [-0.3, -0.25) is 9.78 Å². The molecule has 5 rings (SSSR count). The number of benzene rings is 3. The van der Waals surface area contributed by atoms with Gasteiger partial charge in [0.25, 0.3) is 0 Å². The van der Waals surface area contributed by atoms with Gasteiger partial charge in [0, 0.05) is 60.8 Å². The van der Waals surface area contributed by atoms with Crippen LogP contribution in [0.3, 0.4) is 0 Å². The van der Waals surface area contributed by atoms with E-state index >= 15 is 0 Å². The molecule has 0 spiro atoms. The van der Waals surface area contributed by atoms with Gasteiger partial charge in [0.1, 0.15) is 5.75 Å². The largest absolute Gasteiger partial charge is 0.497 e. The van der Waals surface area contributed by atoms with Crippen molar-refractivity contribution >= 4 is 16.8 Å². The average Bonchev–Trinajstić information content (AvgIpc) is 3.31. The van der Waals surface area contributed by atoms with Crippen molar-refractivity contribution in [2.45, 2.75) is 32.2 Å². The molecule has 0 aliphatic carbocycles. The van der Waals surface area contributed by atoms with Crippen molar-refractivity contribution in [3.63, 3.8) is 0 Å². The first-order valence-corrected chi connectivity index (χ1v) is 13.0. The van der Waals surface area contributed by atoms with Crippen LogP contribution in [0.1, 0.15) is 40.3 Å². The van der Waals surface area contributed by atoms with Crippen LogP contribution in [-0.2, 0) is 17.8 Å². The van der Waals surface area contributed by atoms with Crippen LogP contribution in [0.2, 0.25) is 0 Å². The molecule has 1 atom stereocenters. The number of para-hydroxylation sites is 1. The minimum atomic E-state index is -0.0625. The van der Waals surface area contributed by atoms with E-state index < -0.39 is 0 Å². The van der Waals surface area contributed by atoms with E-state index in [1.165, 1.54) is 16.5 Å². The van der Waals surface area contributed by atoms with Crippen molar-refractivity contribution in [3.8, 4) is 5.75 Å². The summed E-state index contributed by atoms with van der Waals surface area (Å²) in [7, 11) is 1.68. The van der Waals surface area contributed by atoms with Crippen molar-refractivity contribution in [2.24, 2.45) is 0 Å². The van der Waals surface area contributed by atoms with Gasteiger partial charge in [0.05, 0.1) is 7.11 Å². The molecule has 2 aromatic heterocycles. The Balaban J connectivity index is 1.43. The van der Waals surface area contributed by atoms with Crippen LogP contribution in [0.15, 0.2) is 103 Å². The number of hydrogen-bond acceptors (Lipinski definition) is 3. The second kappa shape index (κ2) is 11.8. The molecule has 1 N–H and O–H groups in total. The lowest BCUT2D eigenvalue weighted by atomic mass is 9.87. The normalized spacial score (nSPS) is 11.8. The highest BCUT2D eigenvalue weighted by Gasteiger charge is 2.23. The molecule has 3 aromatic carbocycles. The lowest BCUT2D eigenvalue weighted by molar-refractivity contribution is -0.121. The number of hydrogen-bond donors (Lipinski definition) is 1. The van der Waals surface area contributed by atoms with Crippen LogP contribution in [0.4, 0.5) is 0 Å². The number of nitrogens with one attached hydrogen (secondary N) is 1. The van der Waals surface area contributed by atoms with E-state index in [-0.39, 0.29) is 11.8 Å². The number of carbonyl (C=O) groups excluding carboxylic acids is 1. The van der Waals surface area contributed by atoms with Crippen molar-refractivity contribution in [1.29, 1.82) is 0 Å². The number of aromatic nitrogens is 2. The molecule has 1 amide bonds. The molecule has 0 fully saturated rings. The monoisotopic (exact) mass is 503 g/mol. The Kier molecular flexibility index (Phi) is 7.84. The van der Waals surface area contributed by atoms with Crippen LogP contribution in [0.25, 0.3) is 10.9 Å². The third-order valence-corrected chi connectivity index (χ3v) is 7.01. The number of amides is 1. The predicted molar refractivity (Wildman–Crippen MR) is 153 cm³/mol. The maximum absolute atomic E-state index is 13.2. The zero-order chi connectivity index (χ0) is 26.3. The highest BCUT2D eigenvalue weighted by Crippen LogP contribution is 2.35. The maximum atomic E-state index is 13.2. The van der Waals surface area contributed by atoms with Crippen molar-refractivity contribution in [1.82, 2.24) is 14.9 Å². The molecule has 0 aliphatic rings. The summed E-state index contributed by atoms with van der Waals surface area (Å²) in [4.78, 5) is 17.6. The number of aryl methyl sites for hydroxylation is 1. The lowest BCUT2D eigenvalue weighted by Crippen LogP contribution is -2.27. The van der Waals surface area contributed by atoms with Crippen LogP contribution in [-0.4, -0.2) is 29.1 Å². The molecule has 0 unspecified atom stereocenters. The molecule has 0 saturated heterocycles. The summed E-state index contributed by atoms with van der Waals surface area (Å²) >= 11 is 0. The first-order valence-electron chi connectivity index (χ1n) is 13.0. The number of fused-ring (bicyclic) bond motifs is 1. The van der Waals surface area contributed by atoms with Gasteiger partial charge in [-0.2, -0.15) is 0 Å². The molecule has 38 heavy (non-hydrogen) atoms. The SMILES string of the molecule is COc1ccc(Cn2cc([C@@H](CC(=O)NCCc3ccccn3)c3ccc(C)cc3)c3ccccc32)cc1. The fourth-order valence-corrected chi connectivity index (χ4v) is 4.95. The fourth-order valence-electron chi connectivity index (χ4n) is 4.95. The maximum Gasteiger partial charge on any atom is 0.220 e. The Labute approximate surface area is 224 Å². The van der Waals surface area contributed by atoms with Crippen LogP contribution in [0, 0.1) is 6.92 Å². The molecule has 5 aromatic rings. The number of carbonyl (C=O) groups is 1. The smallest absolute Gasteiger partial charge is 0.220 e. The second-order valence-corrected chi connectivity index (χ2v) is 9.67. The van der Waals surface area contributed by atoms with E-state index in [4.69, 9.17) is 4.74 Å². The Bertz CT molecular complexity index is 1490. The zero-order valence-corrected chi connectivity index (χ0v) is 21.9. The Morgan fingerprint density at radius 2 is 1.71 bits per heavy atom. The third-order valence-electron chi connectivity index (χ3n) is 7.01. The van der Waals surface area contributed by atoms with Crippen molar-refractivity contribution < 1.29 is 9.53 Å². The van der Waals surface area contributed by atoms with Gasteiger partial charge in [0.2, 0.25) is 5.91 Å². The number of nitrogens with zero attached hydrogens (tertiary/aromatic N) is 2. The molecular formula is C33H33N3O2. The van der Waals surface area contributed by atoms with E-state index in [0.29, 0.717) is 19.4 Å². The molecule has 192 valence electrons. The quantitative estimate of drug-likeness (QED) is 0.244. The molecule has 5 heteroatoms. The summed E-state index contributed by atoms with van der Waals surface area (Å²) in [5.74, 6) is 0.825. The molecule has 0 saturated carbocycles. The van der Waals surface area contributed by atoms with E-state index in [1.807, 2.05) is 30.3 Å². The van der Waals surface area contributed by atoms with Gasteiger partial charge in [-0.25, -0.2) is 0 Å². The Hall–Kier alpha value is -4.38. The molecule has 5 nitrogen and oxygen atoms in total. The van der Waals surface area contributed by atoms with Crippen molar-refractivity contribution in [3.05, 3.63) is 131 Å². The number of pyridine rings is 1. The number of ether oxygens (including phenoxy) is 1. The first-order chi connectivity index (χ1) is 18.6. The minimum absolute atomic E-state index is 0.0403. The Morgan fingerprint density at radius 3 is 2.45 bits per heavy atom.